The van der Waals surface area contributed by atoms with E-state index in [0.717, 1.165) is 0 Å². The second kappa shape index (κ2) is 4.36. The molecule has 18 heavy (non-hydrogen) atoms. The van der Waals surface area contributed by atoms with Crippen LogP contribution in [0.2, 0.25) is 0 Å². The number of hydrogen-bond acceptors (Lipinski definition) is 5. The fraction of sp³-hybridized carbons (Fsp3) is 0.182. The maximum absolute atomic E-state index is 11.0. The van der Waals surface area contributed by atoms with Crippen LogP contribution in [0.1, 0.15) is 15.9 Å². The predicted molar refractivity (Wildman–Crippen MR) is 63.6 cm³/mol. The SMILES string of the molecule is Cc1cc(Oc2ncn(C)n2)cc(C(=O)O)c1N. The summed E-state index contributed by atoms with van der Waals surface area (Å²) in [5, 5.41) is 13.0. The van der Waals surface area contributed by atoms with E-state index >= 15 is 0 Å². The zero-order chi connectivity index (χ0) is 13.3. The van der Waals surface area contributed by atoms with E-state index in [9.17, 15) is 4.79 Å². The number of aromatic nitrogens is 3. The molecule has 0 aliphatic rings. The fourth-order valence-corrected chi connectivity index (χ4v) is 1.47. The normalized spacial score (nSPS) is 10.3. The van der Waals surface area contributed by atoms with Crippen LogP contribution >= 0.6 is 0 Å². The minimum atomic E-state index is -1.10. The molecule has 7 nitrogen and oxygen atoms in total. The van der Waals surface area contributed by atoms with E-state index in [4.69, 9.17) is 15.6 Å². The van der Waals surface area contributed by atoms with Crippen molar-refractivity contribution in [1.82, 2.24) is 14.8 Å². The van der Waals surface area contributed by atoms with Crippen LogP contribution < -0.4 is 10.5 Å². The molecule has 0 bridgehead atoms. The average Bonchev–Trinajstić information content (AvgIpc) is 2.68. The molecule has 0 saturated carbocycles. The van der Waals surface area contributed by atoms with Crippen molar-refractivity contribution in [2.24, 2.45) is 7.05 Å². The fourth-order valence-electron chi connectivity index (χ4n) is 1.47. The first-order valence-corrected chi connectivity index (χ1v) is 5.14. The van der Waals surface area contributed by atoms with E-state index in [1.807, 2.05) is 0 Å². The molecular formula is C11H12N4O3. The molecule has 0 fully saturated rings. The van der Waals surface area contributed by atoms with Crippen molar-refractivity contribution in [2.75, 3.05) is 5.73 Å². The summed E-state index contributed by atoms with van der Waals surface area (Å²) in [5.74, 6) is -0.764. The molecule has 7 heteroatoms. The van der Waals surface area contributed by atoms with Gasteiger partial charge in [0.2, 0.25) is 0 Å². The Kier molecular flexibility index (Phi) is 2.88. The second-order valence-corrected chi connectivity index (χ2v) is 3.81. The number of hydrogen-bond donors (Lipinski definition) is 2. The summed E-state index contributed by atoms with van der Waals surface area (Å²) in [4.78, 5) is 14.9. The first-order chi connectivity index (χ1) is 8.47. The summed E-state index contributed by atoms with van der Waals surface area (Å²) in [6.45, 7) is 1.71. The number of aryl methyl sites for hydroxylation is 2. The number of nitrogens with zero attached hydrogens (tertiary/aromatic N) is 3. The van der Waals surface area contributed by atoms with E-state index in [1.54, 1.807) is 20.0 Å². The van der Waals surface area contributed by atoms with Crippen molar-refractivity contribution in [3.63, 3.8) is 0 Å². The Morgan fingerprint density at radius 1 is 1.50 bits per heavy atom. The van der Waals surface area contributed by atoms with Crippen LogP contribution in [0.3, 0.4) is 0 Å². The minimum absolute atomic E-state index is 0.000862. The van der Waals surface area contributed by atoms with Gasteiger partial charge in [-0.2, -0.15) is 4.98 Å². The number of carboxylic acids is 1. The lowest BCUT2D eigenvalue weighted by Gasteiger charge is -2.08. The number of ether oxygens (including phenoxy) is 1. The molecule has 0 aliphatic heterocycles. The van der Waals surface area contributed by atoms with Crippen molar-refractivity contribution >= 4 is 11.7 Å². The molecular weight excluding hydrogens is 236 g/mol. The lowest BCUT2D eigenvalue weighted by atomic mass is 10.1. The Hall–Kier alpha value is -2.57. The molecule has 1 aromatic heterocycles. The topological polar surface area (TPSA) is 103 Å². The maximum atomic E-state index is 11.0. The van der Waals surface area contributed by atoms with E-state index in [2.05, 4.69) is 10.1 Å². The van der Waals surface area contributed by atoms with Gasteiger partial charge in [0, 0.05) is 12.7 Å². The molecule has 2 rings (SSSR count). The van der Waals surface area contributed by atoms with Gasteiger partial charge in [-0.05, 0) is 24.6 Å². The van der Waals surface area contributed by atoms with Gasteiger partial charge in [-0.1, -0.05) is 0 Å². The number of rotatable bonds is 3. The van der Waals surface area contributed by atoms with Crippen LogP contribution in [0, 0.1) is 6.92 Å². The van der Waals surface area contributed by atoms with Crippen molar-refractivity contribution in [2.45, 2.75) is 6.92 Å². The molecule has 1 aromatic carbocycles. The van der Waals surface area contributed by atoms with E-state index in [0.29, 0.717) is 11.3 Å². The molecule has 0 saturated heterocycles. The van der Waals surface area contributed by atoms with Gasteiger partial charge in [0.15, 0.2) is 0 Å². The number of carbonyl (C=O) groups is 1. The first-order valence-electron chi connectivity index (χ1n) is 5.14. The molecule has 0 amide bonds. The van der Waals surface area contributed by atoms with Crippen molar-refractivity contribution < 1.29 is 14.6 Å². The summed E-state index contributed by atoms with van der Waals surface area (Å²) < 4.78 is 6.85. The van der Waals surface area contributed by atoms with Crippen molar-refractivity contribution in [1.29, 1.82) is 0 Å². The molecule has 0 aliphatic carbocycles. The summed E-state index contributed by atoms with van der Waals surface area (Å²) in [6, 6.07) is 3.14. The molecule has 2 aromatic rings. The molecule has 1 heterocycles. The van der Waals surface area contributed by atoms with Crippen LogP contribution in [0.4, 0.5) is 5.69 Å². The Labute approximate surface area is 103 Å². The van der Waals surface area contributed by atoms with Crippen molar-refractivity contribution in [3.8, 4) is 11.8 Å². The Balaban J connectivity index is 2.37. The van der Waals surface area contributed by atoms with Gasteiger partial charge in [-0.25, -0.2) is 4.79 Å². The van der Waals surface area contributed by atoms with Gasteiger partial charge in [0.1, 0.15) is 12.1 Å². The third-order valence-electron chi connectivity index (χ3n) is 2.38. The average molecular weight is 248 g/mol. The second-order valence-electron chi connectivity index (χ2n) is 3.81. The number of nitrogens with two attached hydrogens (primary N) is 1. The molecule has 94 valence electrons. The zero-order valence-corrected chi connectivity index (χ0v) is 9.91. The number of nitrogen functional groups attached to an aromatic ring is 1. The molecule has 0 spiro atoms. The molecule has 0 radical (unpaired) electrons. The van der Waals surface area contributed by atoms with E-state index < -0.39 is 5.97 Å². The van der Waals surface area contributed by atoms with Gasteiger partial charge in [0.05, 0.1) is 5.56 Å². The summed E-state index contributed by atoms with van der Waals surface area (Å²) in [5.41, 5.74) is 6.53. The maximum Gasteiger partial charge on any atom is 0.340 e. The van der Waals surface area contributed by atoms with Gasteiger partial charge in [-0.15, -0.1) is 5.10 Å². The van der Waals surface area contributed by atoms with Crippen LogP contribution in [-0.4, -0.2) is 25.8 Å². The number of benzene rings is 1. The van der Waals surface area contributed by atoms with E-state index in [-0.39, 0.29) is 17.3 Å². The monoisotopic (exact) mass is 248 g/mol. The molecule has 3 N–H and O–H groups in total. The zero-order valence-electron chi connectivity index (χ0n) is 9.91. The van der Waals surface area contributed by atoms with Gasteiger partial charge >= 0.3 is 12.0 Å². The third kappa shape index (κ3) is 2.24. The Morgan fingerprint density at radius 3 is 2.78 bits per heavy atom. The number of anilines is 1. The van der Waals surface area contributed by atoms with Gasteiger partial charge in [-0.3, -0.25) is 4.68 Å². The van der Waals surface area contributed by atoms with Gasteiger partial charge in [0.25, 0.3) is 0 Å². The van der Waals surface area contributed by atoms with E-state index in [1.165, 1.54) is 17.1 Å². The highest BCUT2D eigenvalue weighted by Gasteiger charge is 2.13. The standard InChI is InChI=1S/C11H12N4O3/c1-6-3-7(4-8(9(6)12)10(16)17)18-11-13-5-15(2)14-11/h3-5H,12H2,1-2H3,(H,16,17). The summed E-state index contributed by atoms with van der Waals surface area (Å²) in [6.07, 6.45) is 1.48. The van der Waals surface area contributed by atoms with Crippen LogP contribution in [-0.2, 0) is 7.05 Å². The smallest absolute Gasteiger partial charge is 0.340 e. The quantitative estimate of drug-likeness (QED) is 0.791. The highest BCUT2D eigenvalue weighted by Crippen LogP contribution is 2.26. The third-order valence-corrected chi connectivity index (χ3v) is 2.38. The molecule has 0 unspecified atom stereocenters. The summed E-state index contributed by atoms with van der Waals surface area (Å²) >= 11 is 0. The first kappa shape index (κ1) is 11.9. The minimum Gasteiger partial charge on any atom is -0.478 e. The number of carboxylic acid groups (broad SMARTS) is 1. The highest BCUT2D eigenvalue weighted by molar-refractivity contribution is 5.95. The molecule has 0 atom stereocenters. The van der Waals surface area contributed by atoms with Crippen LogP contribution in [0.5, 0.6) is 11.8 Å². The largest absolute Gasteiger partial charge is 0.478 e. The predicted octanol–water partition coefficient (Wildman–Crippen LogP) is 1.20. The van der Waals surface area contributed by atoms with Crippen LogP contribution in [0.15, 0.2) is 18.5 Å². The Morgan fingerprint density at radius 2 is 2.22 bits per heavy atom. The highest BCUT2D eigenvalue weighted by atomic mass is 16.5. The van der Waals surface area contributed by atoms with Crippen LogP contribution in [0.25, 0.3) is 0 Å². The lowest BCUT2D eigenvalue weighted by molar-refractivity contribution is 0.0697. The lowest BCUT2D eigenvalue weighted by Crippen LogP contribution is -2.04. The van der Waals surface area contributed by atoms with Crippen molar-refractivity contribution in [3.05, 3.63) is 29.6 Å². The Bertz CT molecular complexity index is 606. The number of aromatic carboxylic acids is 1. The van der Waals surface area contributed by atoms with Gasteiger partial charge < -0.3 is 15.6 Å². The summed E-state index contributed by atoms with van der Waals surface area (Å²) in [7, 11) is 1.71.